The lowest BCUT2D eigenvalue weighted by Crippen LogP contribution is -2.51. The van der Waals surface area contributed by atoms with Crippen LogP contribution in [0.3, 0.4) is 0 Å². The van der Waals surface area contributed by atoms with Crippen LogP contribution in [0, 0.1) is 6.92 Å². The van der Waals surface area contributed by atoms with Crippen LogP contribution in [-0.4, -0.2) is 42.3 Å². The molecule has 6 nitrogen and oxygen atoms in total. The van der Waals surface area contributed by atoms with Gasteiger partial charge in [0.05, 0.1) is 6.54 Å². The van der Waals surface area contributed by atoms with Gasteiger partial charge >= 0.3 is 6.03 Å². The van der Waals surface area contributed by atoms with E-state index in [1.54, 1.807) is 0 Å². The maximum absolute atomic E-state index is 12.5. The monoisotopic (exact) mass is 384 g/mol. The third-order valence-electron chi connectivity index (χ3n) is 4.85. The first-order chi connectivity index (χ1) is 13.1. The van der Waals surface area contributed by atoms with Crippen molar-refractivity contribution in [1.82, 2.24) is 15.4 Å². The average Bonchev–Trinajstić information content (AvgIpc) is 3.08. The molecule has 7 heteroatoms. The Bertz CT molecular complexity index is 964. The summed E-state index contributed by atoms with van der Waals surface area (Å²) in [6, 6.07) is 13.6. The van der Waals surface area contributed by atoms with Crippen molar-refractivity contribution in [3.63, 3.8) is 0 Å². The van der Waals surface area contributed by atoms with Crippen LogP contribution in [0.15, 0.2) is 47.0 Å². The Balaban J connectivity index is 1.33. The lowest BCUT2D eigenvalue weighted by atomic mass is 10.1. The molecular weight excluding hydrogens is 364 g/mol. The van der Waals surface area contributed by atoms with Crippen LogP contribution >= 0.6 is 11.6 Å². The summed E-state index contributed by atoms with van der Waals surface area (Å²) in [5.41, 5.74) is 3.71. The summed E-state index contributed by atoms with van der Waals surface area (Å²) in [7, 11) is 0. The predicted octanol–water partition coefficient (Wildman–Crippen LogP) is 3.82. The zero-order valence-electron chi connectivity index (χ0n) is 15.1. The molecule has 2 amide bonds. The van der Waals surface area contributed by atoms with E-state index in [0.29, 0.717) is 19.6 Å². The number of nitrogens with one attached hydrogen (secondary N) is 1. The summed E-state index contributed by atoms with van der Waals surface area (Å²) >= 11 is 6.07. The highest BCUT2D eigenvalue weighted by Gasteiger charge is 2.21. The largest absolute Gasteiger partial charge is 0.368 e. The molecule has 0 saturated carbocycles. The second-order valence-electron chi connectivity index (χ2n) is 6.74. The number of hydrogen-bond donors (Lipinski definition) is 1. The molecule has 0 atom stereocenters. The second kappa shape index (κ2) is 7.48. The summed E-state index contributed by atoms with van der Waals surface area (Å²) in [5, 5.41) is 8.71. The van der Waals surface area contributed by atoms with Gasteiger partial charge in [0.15, 0.2) is 5.58 Å². The van der Waals surface area contributed by atoms with Gasteiger partial charge in [-0.25, -0.2) is 4.79 Å². The number of benzene rings is 2. The lowest BCUT2D eigenvalue weighted by Gasteiger charge is -2.36. The molecule has 1 aromatic heterocycles. The zero-order valence-corrected chi connectivity index (χ0v) is 15.9. The number of urea groups is 1. The number of nitrogens with zero attached hydrogens (tertiary/aromatic N) is 3. The minimum atomic E-state index is -0.0791. The van der Waals surface area contributed by atoms with E-state index < -0.39 is 0 Å². The van der Waals surface area contributed by atoms with Crippen molar-refractivity contribution in [1.29, 1.82) is 0 Å². The number of piperazine rings is 1. The average molecular weight is 385 g/mol. The van der Waals surface area contributed by atoms with Gasteiger partial charge in [-0.15, -0.1) is 0 Å². The lowest BCUT2D eigenvalue weighted by molar-refractivity contribution is 0.193. The molecule has 0 radical (unpaired) electrons. The first-order valence-electron chi connectivity index (χ1n) is 8.98. The van der Waals surface area contributed by atoms with Crippen LogP contribution in [0.1, 0.15) is 11.3 Å². The minimum absolute atomic E-state index is 0.0791. The van der Waals surface area contributed by atoms with E-state index in [0.717, 1.165) is 46.0 Å². The van der Waals surface area contributed by atoms with E-state index in [9.17, 15) is 4.79 Å². The molecule has 140 valence electrons. The highest BCUT2D eigenvalue weighted by Crippen LogP contribution is 2.21. The third kappa shape index (κ3) is 3.85. The number of halogens is 1. The van der Waals surface area contributed by atoms with Gasteiger partial charge in [0.25, 0.3) is 0 Å². The van der Waals surface area contributed by atoms with E-state index >= 15 is 0 Å². The topological polar surface area (TPSA) is 61.6 Å². The third-order valence-corrected chi connectivity index (χ3v) is 5.08. The number of anilines is 1. The Labute approximate surface area is 162 Å². The first-order valence-corrected chi connectivity index (χ1v) is 9.36. The Morgan fingerprint density at radius 2 is 2.00 bits per heavy atom. The molecular formula is C20H21ClN4O2. The SMILES string of the molecule is Cc1ccc2onc(CNC(=O)N3CCN(c4cccc(Cl)c4)CC3)c2c1. The van der Waals surface area contributed by atoms with Gasteiger partial charge in [-0.2, -0.15) is 0 Å². The number of rotatable bonds is 3. The van der Waals surface area contributed by atoms with Gasteiger partial charge in [-0.3, -0.25) is 0 Å². The van der Waals surface area contributed by atoms with Gasteiger partial charge in [0.2, 0.25) is 0 Å². The fourth-order valence-corrected chi connectivity index (χ4v) is 3.53. The molecule has 2 heterocycles. The molecule has 0 spiro atoms. The first kappa shape index (κ1) is 17.7. The van der Waals surface area contributed by atoms with Crippen molar-refractivity contribution in [3.05, 3.63) is 58.7 Å². The number of amides is 2. The summed E-state index contributed by atoms with van der Waals surface area (Å²) < 4.78 is 5.32. The minimum Gasteiger partial charge on any atom is -0.368 e. The smallest absolute Gasteiger partial charge is 0.317 e. The summed E-state index contributed by atoms with van der Waals surface area (Å²) in [4.78, 5) is 16.6. The molecule has 3 aromatic rings. The standard InChI is InChI=1S/C20H21ClN4O2/c1-14-5-6-19-17(11-14)18(23-27-19)13-22-20(26)25-9-7-24(8-10-25)16-4-2-3-15(21)12-16/h2-6,11-12H,7-10,13H2,1H3,(H,22,26). The van der Waals surface area contributed by atoms with E-state index in [4.69, 9.17) is 16.1 Å². The highest BCUT2D eigenvalue weighted by molar-refractivity contribution is 6.30. The molecule has 1 fully saturated rings. The maximum Gasteiger partial charge on any atom is 0.317 e. The molecule has 0 unspecified atom stereocenters. The van der Waals surface area contributed by atoms with Crippen LogP contribution in [0.25, 0.3) is 11.0 Å². The van der Waals surface area contributed by atoms with Gasteiger partial charge in [0.1, 0.15) is 5.69 Å². The molecule has 0 aliphatic carbocycles. The number of fused-ring (bicyclic) bond motifs is 1. The van der Waals surface area contributed by atoms with Gasteiger partial charge in [0, 0.05) is 42.3 Å². The van der Waals surface area contributed by atoms with Crippen LogP contribution in [-0.2, 0) is 6.54 Å². The maximum atomic E-state index is 12.5. The van der Waals surface area contributed by atoms with Gasteiger partial charge < -0.3 is 19.6 Å². The Morgan fingerprint density at radius 3 is 2.78 bits per heavy atom. The normalized spacial score (nSPS) is 14.6. The van der Waals surface area contributed by atoms with Crippen LogP contribution < -0.4 is 10.2 Å². The molecule has 4 rings (SSSR count). The molecule has 1 N–H and O–H groups in total. The predicted molar refractivity (Wildman–Crippen MR) is 106 cm³/mol. The molecule has 1 saturated heterocycles. The van der Waals surface area contributed by atoms with Crippen molar-refractivity contribution >= 4 is 34.3 Å². The number of hydrogen-bond acceptors (Lipinski definition) is 4. The van der Waals surface area contributed by atoms with E-state index in [2.05, 4.69) is 15.4 Å². The molecule has 1 aliphatic rings. The van der Waals surface area contributed by atoms with E-state index in [-0.39, 0.29) is 6.03 Å². The van der Waals surface area contributed by atoms with Crippen LogP contribution in [0.4, 0.5) is 10.5 Å². The van der Waals surface area contributed by atoms with Crippen molar-refractivity contribution in [2.75, 3.05) is 31.1 Å². The van der Waals surface area contributed by atoms with Gasteiger partial charge in [-0.1, -0.05) is 34.5 Å². The Hall–Kier alpha value is -2.73. The number of carbonyl (C=O) groups is 1. The highest BCUT2D eigenvalue weighted by atomic mass is 35.5. The van der Waals surface area contributed by atoms with Crippen LogP contribution in [0.5, 0.6) is 0 Å². The zero-order chi connectivity index (χ0) is 18.8. The number of aryl methyl sites for hydroxylation is 1. The molecule has 1 aliphatic heterocycles. The second-order valence-corrected chi connectivity index (χ2v) is 7.18. The summed E-state index contributed by atoms with van der Waals surface area (Å²) in [5.74, 6) is 0. The van der Waals surface area contributed by atoms with Gasteiger partial charge in [-0.05, 0) is 37.3 Å². The van der Waals surface area contributed by atoms with E-state index in [1.165, 1.54) is 0 Å². The summed E-state index contributed by atoms with van der Waals surface area (Å²) in [6.07, 6.45) is 0. The summed E-state index contributed by atoms with van der Waals surface area (Å²) in [6.45, 7) is 5.26. The number of aromatic nitrogens is 1. The van der Waals surface area contributed by atoms with Crippen molar-refractivity contribution in [2.24, 2.45) is 0 Å². The van der Waals surface area contributed by atoms with Crippen molar-refractivity contribution < 1.29 is 9.32 Å². The molecule has 2 aromatic carbocycles. The quantitative estimate of drug-likeness (QED) is 0.745. The van der Waals surface area contributed by atoms with Crippen molar-refractivity contribution in [3.8, 4) is 0 Å². The fraction of sp³-hybridized carbons (Fsp3) is 0.300. The Morgan fingerprint density at radius 1 is 1.19 bits per heavy atom. The molecule has 27 heavy (non-hydrogen) atoms. The van der Waals surface area contributed by atoms with E-state index in [1.807, 2.05) is 54.3 Å². The van der Waals surface area contributed by atoms with Crippen LogP contribution in [0.2, 0.25) is 5.02 Å². The fourth-order valence-electron chi connectivity index (χ4n) is 3.34. The Kier molecular flexibility index (Phi) is 4.90. The number of carbonyl (C=O) groups excluding carboxylic acids is 1. The van der Waals surface area contributed by atoms with Crippen molar-refractivity contribution in [2.45, 2.75) is 13.5 Å². The molecule has 0 bridgehead atoms.